The van der Waals surface area contributed by atoms with Crippen LogP contribution < -0.4 is 0 Å². The van der Waals surface area contributed by atoms with Crippen molar-refractivity contribution in [1.29, 1.82) is 0 Å². The first-order chi connectivity index (χ1) is 9.28. The average Bonchev–Trinajstić information content (AvgIpc) is 2.82. The van der Waals surface area contributed by atoms with Crippen LogP contribution in [0.1, 0.15) is 13.8 Å². The molecule has 0 aliphatic carbocycles. The van der Waals surface area contributed by atoms with Crippen molar-refractivity contribution in [3.8, 4) is 0 Å². The van der Waals surface area contributed by atoms with Crippen molar-refractivity contribution in [3.63, 3.8) is 0 Å². The Hall–Kier alpha value is -2.35. The van der Waals surface area contributed by atoms with Gasteiger partial charge in [0.15, 0.2) is 0 Å². The van der Waals surface area contributed by atoms with Crippen LogP contribution in [0, 0.1) is 0 Å². The highest BCUT2D eigenvalue weighted by molar-refractivity contribution is 6.05. The summed E-state index contributed by atoms with van der Waals surface area (Å²) in [7, 11) is 0. The van der Waals surface area contributed by atoms with Crippen LogP contribution in [0.3, 0.4) is 0 Å². The average molecular weight is 249 g/mol. The molecule has 0 radical (unpaired) electrons. The highest BCUT2D eigenvalue weighted by Crippen LogP contribution is 2.31. The normalized spacial score (nSPS) is 12.8. The van der Waals surface area contributed by atoms with E-state index in [9.17, 15) is 0 Å². The molecule has 0 bridgehead atoms. The molecule has 0 saturated heterocycles. The molecule has 2 heteroatoms. The highest BCUT2D eigenvalue weighted by atomic mass is 16.3. The third-order valence-corrected chi connectivity index (χ3v) is 3.23. The number of nitrogens with zero attached hydrogens (tertiary/aromatic N) is 1. The van der Waals surface area contributed by atoms with Gasteiger partial charge in [-0.1, -0.05) is 24.3 Å². The molecule has 0 spiro atoms. The first-order valence-corrected chi connectivity index (χ1v) is 6.36. The number of rotatable bonds is 2. The van der Waals surface area contributed by atoms with E-state index < -0.39 is 0 Å². The Kier molecular flexibility index (Phi) is 2.92. The van der Waals surface area contributed by atoms with Crippen LogP contribution in [0.15, 0.2) is 63.5 Å². The molecular formula is C17H15NO. The predicted octanol–water partition coefficient (Wildman–Crippen LogP) is 5.25. The van der Waals surface area contributed by atoms with Crippen LogP contribution >= 0.6 is 0 Å². The number of fused-ring (bicyclic) bond motifs is 3. The molecule has 3 rings (SSSR count). The smallest absolute Gasteiger partial charge is 0.135 e. The molecule has 0 saturated carbocycles. The summed E-state index contributed by atoms with van der Waals surface area (Å²) in [6.07, 6.45) is 3.92. The minimum absolute atomic E-state index is 0.905. The van der Waals surface area contributed by atoms with Crippen molar-refractivity contribution < 1.29 is 4.42 Å². The van der Waals surface area contributed by atoms with E-state index in [4.69, 9.17) is 4.42 Å². The molecular weight excluding hydrogens is 234 g/mol. The fraction of sp³-hybridized carbons (Fsp3) is 0.118. The molecule has 1 aromatic heterocycles. The number of para-hydroxylation sites is 1. The summed E-state index contributed by atoms with van der Waals surface area (Å²) >= 11 is 0. The first kappa shape index (κ1) is 11.7. The summed E-state index contributed by atoms with van der Waals surface area (Å²) in [5.74, 6) is 0. The fourth-order valence-electron chi connectivity index (χ4n) is 2.05. The van der Waals surface area contributed by atoms with Crippen LogP contribution in [-0.4, -0.2) is 6.21 Å². The van der Waals surface area contributed by atoms with Crippen LogP contribution in [0.2, 0.25) is 0 Å². The van der Waals surface area contributed by atoms with Gasteiger partial charge >= 0.3 is 0 Å². The number of benzene rings is 2. The third-order valence-electron chi connectivity index (χ3n) is 3.23. The Morgan fingerprint density at radius 2 is 1.84 bits per heavy atom. The predicted molar refractivity (Wildman–Crippen MR) is 81.3 cm³/mol. The number of furan rings is 1. The quantitative estimate of drug-likeness (QED) is 0.569. The number of aliphatic imine (C=N–C) groups is 1. The zero-order valence-corrected chi connectivity index (χ0v) is 11.1. The van der Waals surface area contributed by atoms with Gasteiger partial charge in [-0.15, -0.1) is 0 Å². The first-order valence-electron chi connectivity index (χ1n) is 6.36. The number of allylic oxidation sites excluding steroid dienone is 2. The van der Waals surface area contributed by atoms with Crippen molar-refractivity contribution >= 4 is 33.8 Å². The van der Waals surface area contributed by atoms with E-state index in [1.165, 1.54) is 0 Å². The van der Waals surface area contributed by atoms with E-state index in [1.54, 1.807) is 0 Å². The molecule has 94 valence electrons. The van der Waals surface area contributed by atoms with Crippen LogP contribution in [-0.2, 0) is 0 Å². The van der Waals surface area contributed by atoms with Crippen molar-refractivity contribution in [2.24, 2.45) is 4.99 Å². The Balaban J connectivity index is 2.14. The molecule has 0 fully saturated rings. The summed E-state index contributed by atoms with van der Waals surface area (Å²) in [4.78, 5) is 4.48. The summed E-state index contributed by atoms with van der Waals surface area (Å²) in [5.41, 5.74) is 3.92. The second-order valence-corrected chi connectivity index (χ2v) is 4.57. The third kappa shape index (κ3) is 2.17. The van der Waals surface area contributed by atoms with Gasteiger partial charge in [-0.2, -0.15) is 0 Å². The van der Waals surface area contributed by atoms with E-state index in [0.717, 1.165) is 33.2 Å². The van der Waals surface area contributed by atoms with Gasteiger partial charge in [-0.05, 0) is 43.7 Å². The van der Waals surface area contributed by atoms with Gasteiger partial charge < -0.3 is 4.42 Å². The topological polar surface area (TPSA) is 25.5 Å². The molecule has 3 aromatic rings. The lowest BCUT2D eigenvalue weighted by atomic mass is 10.1. The second kappa shape index (κ2) is 4.73. The molecule has 2 aromatic carbocycles. The monoisotopic (exact) mass is 249 g/mol. The molecule has 0 N–H and O–H groups in total. The van der Waals surface area contributed by atoms with Gasteiger partial charge in [0, 0.05) is 17.0 Å². The van der Waals surface area contributed by atoms with Crippen molar-refractivity contribution in [3.05, 3.63) is 54.1 Å². The largest absolute Gasteiger partial charge is 0.456 e. The molecule has 0 atom stereocenters. The standard InChI is InChI=1S/C17H15NO/c1-3-12(2)11-18-13-8-9-17-15(10-13)14-6-4-5-7-16(14)19-17/h3-11H,1-2H3/b12-3-,18-11?. The maximum Gasteiger partial charge on any atom is 0.135 e. The Morgan fingerprint density at radius 1 is 1.05 bits per heavy atom. The van der Waals surface area contributed by atoms with Crippen molar-refractivity contribution in [2.45, 2.75) is 13.8 Å². The number of hydrogen-bond donors (Lipinski definition) is 0. The Labute approximate surface area is 112 Å². The van der Waals surface area contributed by atoms with Gasteiger partial charge in [-0.25, -0.2) is 0 Å². The highest BCUT2D eigenvalue weighted by Gasteiger charge is 2.05. The minimum atomic E-state index is 0.905. The van der Waals surface area contributed by atoms with Crippen LogP contribution in [0.25, 0.3) is 21.9 Å². The lowest BCUT2D eigenvalue weighted by Crippen LogP contribution is -1.75. The van der Waals surface area contributed by atoms with Crippen molar-refractivity contribution in [2.75, 3.05) is 0 Å². The maximum atomic E-state index is 5.79. The van der Waals surface area contributed by atoms with Gasteiger partial charge in [-0.3, -0.25) is 4.99 Å². The van der Waals surface area contributed by atoms with Crippen LogP contribution in [0.5, 0.6) is 0 Å². The van der Waals surface area contributed by atoms with E-state index in [2.05, 4.69) is 17.1 Å². The second-order valence-electron chi connectivity index (χ2n) is 4.57. The molecule has 19 heavy (non-hydrogen) atoms. The fourth-order valence-corrected chi connectivity index (χ4v) is 2.05. The molecule has 0 aliphatic rings. The molecule has 0 amide bonds. The molecule has 0 aliphatic heterocycles. The Morgan fingerprint density at radius 3 is 2.68 bits per heavy atom. The zero-order chi connectivity index (χ0) is 13.2. The van der Waals surface area contributed by atoms with E-state index >= 15 is 0 Å². The van der Waals surface area contributed by atoms with Crippen molar-refractivity contribution in [1.82, 2.24) is 0 Å². The van der Waals surface area contributed by atoms with E-state index in [0.29, 0.717) is 0 Å². The maximum absolute atomic E-state index is 5.79. The van der Waals surface area contributed by atoms with Gasteiger partial charge in [0.25, 0.3) is 0 Å². The lowest BCUT2D eigenvalue weighted by Gasteiger charge is -1.94. The van der Waals surface area contributed by atoms with E-state index in [-0.39, 0.29) is 0 Å². The zero-order valence-electron chi connectivity index (χ0n) is 11.1. The summed E-state index contributed by atoms with van der Waals surface area (Å²) in [6, 6.07) is 14.1. The van der Waals surface area contributed by atoms with Gasteiger partial charge in [0.2, 0.25) is 0 Å². The van der Waals surface area contributed by atoms with Crippen LogP contribution in [0.4, 0.5) is 5.69 Å². The van der Waals surface area contributed by atoms with E-state index in [1.807, 2.05) is 56.5 Å². The minimum Gasteiger partial charge on any atom is -0.456 e. The molecule has 0 unspecified atom stereocenters. The summed E-state index contributed by atoms with van der Waals surface area (Å²) < 4.78 is 5.79. The lowest BCUT2D eigenvalue weighted by molar-refractivity contribution is 0.669. The van der Waals surface area contributed by atoms with Gasteiger partial charge in [0.1, 0.15) is 11.2 Å². The summed E-state index contributed by atoms with van der Waals surface area (Å²) in [6.45, 7) is 4.05. The Bertz CT molecular complexity index is 793. The molecule has 1 heterocycles. The SMILES string of the molecule is C/C=C(/C)C=Nc1ccc2oc3ccccc3c2c1. The van der Waals surface area contributed by atoms with Gasteiger partial charge in [0.05, 0.1) is 5.69 Å². The number of hydrogen-bond acceptors (Lipinski definition) is 2. The molecule has 2 nitrogen and oxygen atoms in total. The summed E-state index contributed by atoms with van der Waals surface area (Å²) in [5, 5.41) is 2.25.